The fourth-order valence-corrected chi connectivity index (χ4v) is 5.66. The first-order chi connectivity index (χ1) is 19.0. The minimum Gasteiger partial charge on any atom is -0.508 e. The van der Waals surface area contributed by atoms with Crippen molar-refractivity contribution in [3.05, 3.63) is 78.1 Å². The molecule has 0 spiro atoms. The van der Waals surface area contributed by atoms with Gasteiger partial charge in [-0.05, 0) is 54.4 Å². The molecule has 0 saturated carbocycles. The number of phenols is 1. The van der Waals surface area contributed by atoms with Gasteiger partial charge < -0.3 is 24.8 Å². The minimum absolute atomic E-state index is 0.0162. The summed E-state index contributed by atoms with van der Waals surface area (Å²) in [6, 6.07) is 16.3. The van der Waals surface area contributed by atoms with Crippen molar-refractivity contribution in [3.63, 3.8) is 0 Å². The van der Waals surface area contributed by atoms with Crippen LogP contribution in [0.1, 0.15) is 11.1 Å². The molecule has 0 aliphatic carbocycles. The van der Waals surface area contributed by atoms with Crippen molar-refractivity contribution < 1.29 is 24.5 Å². The standard InChI is InChI=1S/C30H34N4O5Si/c1-20-11-12-31-26(15-20)21-5-8-23(9-6-21)30(18-33-17-22-7-10-24(35)16-25(22)27(33)36)28(37)34(29(38)32-30)19-39-13-14-40(2,3)4/h5-12,15-17,35-36H,13-14,18-19H2,1-4H3,(H,32,38)/t30-/m0/s1. The van der Waals surface area contributed by atoms with Crippen molar-refractivity contribution >= 4 is 30.8 Å². The normalized spacial score (nSPS) is 17.6. The SMILES string of the molecule is Cc1ccnc(-c2ccc([C@]3(Cn4cc5ccc(O)cc5c4O)NC(=O)N(COCC[Si](C)(C)C)C3=O)cc2)c1. The highest BCUT2D eigenvalue weighted by atomic mass is 28.3. The summed E-state index contributed by atoms with van der Waals surface area (Å²) < 4.78 is 7.30. The second-order valence-electron chi connectivity index (χ2n) is 11.6. The maximum Gasteiger partial charge on any atom is 0.327 e. The van der Waals surface area contributed by atoms with E-state index in [1.807, 2.05) is 31.2 Å². The Bertz CT molecular complexity index is 1580. The zero-order chi connectivity index (χ0) is 28.7. The molecule has 208 valence electrons. The van der Waals surface area contributed by atoms with Crippen LogP contribution in [0.3, 0.4) is 0 Å². The zero-order valence-corrected chi connectivity index (χ0v) is 24.1. The summed E-state index contributed by atoms with van der Waals surface area (Å²) in [7, 11) is -1.35. The molecule has 1 atom stereocenters. The van der Waals surface area contributed by atoms with Gasteiger partial charge in [-0.25, -0.2) is 9.69 Å². The van der Waals surface area contributed by atoms with Crippen molar-refractivity contribution in [2.75, 3.05) is 13.3 Å². The number of benzene rings is 2. The topological polar surface area (TPSA) is 117 Å². The molecule has 40 heavy (non-hydrogen) atoms. The first-order valence-electron chi connectivity index (χ1n) is 13.2. The number of fused-ring (bicyclic) bond motifs is 1. The summed E-state index contributed by atoms with van der Waals surface area (Å²) in [6.07, 6.45) is 3.45. The fourth-order valence-electron chi connectivity index (χ4n) is 4.90. The smallest absolute Gasteiger partial charge is 0.327 e. The number of hydrogen-bond donors (Lipinski definition) is 3. The lowest BCUT2D eigenvalue weighted by atomic mass is 9.88. The summed E-state index contributed by atoms with van der Waals surface area (Å²) in [5, 5.41) is 25.0. The van der Waals surface area contributed by atoms with E-state index in [4.69, 9.17) is 4.74 Å². The Kier molecular flexibility index (Phi) is 7.15. The van der Waals surface area contributed by atoms with E-state index in [2.05, 4.69) is 29.9 Å². The number of imide groups is 1. The number of hydrogen-bond acceptors (Lipinski definition) is 6. The number of nitrogens with zero attached hydrogens (tertiary/aromatic N) is 3. The lowest BCUT2D eigenvalue weighted by Gasteiger charge is -2.28. The summed E-state index contributed by atoms with van der Waals surface area (Å²) in [5.74, 6) is -0.563. The maximum absolute atomic E-state index is 14.0. The number of aromatic hydroxyl groups is 2. The molecule has 3 heterocycles. The largest absolute Gasteiger partial charge is 0.508 e. The van der Waals surface area contributed by atoms with Crippen LogP contribution in [0.4, 0.5) is 4.79 Å². The predicted molar refractivity (Wildman–Crippen MR) is 156 cm³/mol. The van der Waals surface area contributed by atoms with Gasteiger partial charge in [0, 0.05) is 43.4 Å². The Morgan fingerprint density at radius 3 is 2.48 bits per heavy atom. The van der Waals surface area contributed by atoms with Gasteiger partial charge in [-0.1, -0.05) is 43.9 Å². The Balaban J connectivity index is 1.51. The zero-order valence-electron chi connectivity index (χ0n) is 23.1. The van der Waals surface area contributed by atoms with Gasteiger partial charge in [0.05, 0.1) is 12.2 Å². The molecule has 1 saturated heterocycles. The van der Waals surface area contributed by atoms with Crippen LogP contribution < -0.4 is 5.32 Å². The van der Waals surface area contributed by atoms with Crippen molar-refractivity contribution in [1.29, 1.82) is 0 Å². The molecule has 4 aromatic rings. The Morgan fingerprint density at radius 2 is 1.77 bits per heavy atom. The van der Waals surface area contributed by atoms with E-state index in [1.165, 1.54) is 16.7 Å². The number of carbonyl (C=O) groups excluding carboxylic acids is 2. The van der Waals surface area contributed by atoms with Gasteiger partial charge in [0.1, 0.15) is 12.5 Å². The van der Waals surface area contributed by atoms with Crippen LogP contribution >= 0.6 is 0 Å². The molecule has 10 heteroatoms. The number of aryl methyl sites for hydroxylation is 1. The fraction of sp³-hybridized carbons (Fsp3) is 0.300. The van der Waals surface area contributed by atoms with Gasteiger partial charge in [-0.3, -0.25) is 9.78 Å². The number of ether oxygens (including phenoxy) is 1. The minimum atomic E-state index is -1.49. The molecule has 1 fully saturated rings. The van der Waals surface area contributed by atoms with E-state index in [0.29, 0.717) is 22.9 Å². The van der Waals surface area contributed by atoms with Crippen LogP contribution in [0.2, 0.25) is 25.7 Å². The first-order valence-corrected chi connectivity index (χ1v) is 16.9. The number of phenolic OH excluding ortho intramolecular Hbond substituents is 1. The van der Waals surface area contributed by atoms with Crippen LogP contribution in [0, 0.1) is 6.92 Å². The highest BCUT2D eigenvalue weighted by Crippen LogP contribution is 2.37. The van der Waals surface area contributed by atoms with Gasteiger partial charge in [-0.2, -0.15) is 0 Å². The Hall–Kier alpha value is -4.15. The van der Waals surface area contributed by atoms with E-state index >= 15 is 0 Å². The molecule has 0 radical (unpaired) electrons. The van der Waals surface area contributed by atoms with Crippen molar-refractivity contribution in [1.82, 2.24) is 19.8 Å². The van der Waals surface area contributed by atoms with E-state index in [-0.39, 0.29) is 24.9 Å². The Labute approximate surface area is 234 Å². The van der Waals surface area contributed by atoms with Crippen LogP contribution in [0.25, 0.3) is 22.0 Å². The number of urea groups is 1. The summed E-state index contributed by atoms with van der Waals surface area (Å²) in [6.45, 7) is 8.94. The average molecular weight is 559 g/mol. The monoisotopic (exact) mass is 558 g/mol. The second kappa shape index (κ2) is 10.4. The average Bonchev–Trinajstić information content (AvgIpc) is 3.34. The van der Waals surface area contributed by atoms with Gasteiger partial charge >= 0.3 is 6.03 Å². The molecule has 1 aliphatic heterocycles. The quantitative estimate of drug-likeness (QED) is 0.148. The van der Waals surface area contributed by atoms with Crippen molar-refractivity contribution in [3.8, 4) is 22.9 Å². The van der Waals surface area contributed by atoms with Crippen LogP contribution in [0.5, 0.6) is 11.6 Å². The van der Waals surface area contributed by atoms with E-state index in [1.54, 1.807) is 30.6 Å². The number of aromatic nitrogens is 2. The van der Waals surface area contributed by atoms with E-state index in [9.17, 15) is 19.8 Å². The lowest BCUT2D eigenvalue weighted by Crippen LogP contribution is -2.47. The van der Waals surface area contributed by atoms with Gasteiger partial charge in [0.25, 0.3) is 5.91 Å². The van der Waals surface area contributed by atoms with Crippen molar-refractivity contribution in [2.24, 2.45) is 0 Å². The Morgan fingerprint density at radius 1 is 1.02 bits per heavy atom. The maximum atomic E-state index is 14.0. The lowest BCUT2D eigenvalue weighted by molar-refractivity contribution is -0.135. The third-order valence-electron chi connectivity index (χ3n) is 7.23. The number of rotatable bonds is 9. The molecule has 3 N–H and O–H groups in total. The summed E-state index contributed by atoms with van der Waals surface area (Å²) >= 11 is 0. The second-order valence-corrected chi connectivity index (χ2v) is 17.2. The number of nitrogens with one attached hydrogen (secondary N) is 1. The van der Waals surface area contributed by atoms with Crippen LogP contribution in [-0.2, 0) is 21.6 Å². The van der Waals surface area contributed by atoms with Gasteiger partial charge in [0.2, 0.25) is 0 Å². The highest BCUT2D eigenvalue weighted by Gasteiger charge is 2.53. The molecule has 1 aliphatic rings. The summed E-state index contributed by atoms with van der Waals surface area (Å²) in [5.41, 5.74) is 1.82. The molecule has 5 rings (SSSR count). The molecule has 2 aromatic heterocycles. The molecule has 0 unspecified atom stereocenters. The van der Waals surface area contributed by atoms with Gasteiger partial charge in [-0.15, -0.1) is 0 Å². The number of amides is 3. The molecular weight excluding hydrogens is 524 g/mol. The molecular formula is C30H34N4O5Si. The summed E-state index contributed by atoms with van der Waals surface area (Å²) in [4.78, 5) is 32.8. The molecule has 2 aromatic carbocycles. The third kappa shape index (κ3) is 5.32. The molecule has 9 nitrogen and oxygen atoms in total. The third-order valence-corrected chi connectivity index (χ3v) is 8.94. The van der Waals surface area contributed by atoms with E-state index < -0.39 is 25.6 Å². The first kappa shape index (κ1) is 27.4. The predicted octanol–water partition coefficient (Wildman–Crippen LogP) is 5.18. The van der Waals surface area contributed by atoms with Crippen molar-refractivity contribution in [2.45, 2.75) is 44.7 Å². The highest BCUT2D eigenvalue weighted by molar-refractivity contribution is 6.76. The van der Waals surface area contributed by atoms with Gasteiger partial charge in [0.15, 0.2) is 11.4 Å². The molecule has 3 amide bonds. The number of carbonyl (C=O) groups is 2. The van der Waals surface area contributed by atoms with E-state index in [0.717, 1.165) is 27.8 Å². The molecule has 0 bridgehead atoms. The number of pyridine rings is 1. The van der Waals surface area contributed by atoms with Crippen LogP contribution in [0.15, 0.2) is 67.0 Å². The van der Waals surface area contributed by atoms with Crippen LogP contribution in [-0.4, -0.2) is 58.0 Å².